The molecule has 3 atom stereocenters. The molecule has 1 aromatic carbocycles. The van der Waals surface area contributed by atoms with Crippen molar-refractivity contribution >= 4 is 35.3 Å². The average molecular weight is 477 g/mol. The highest BCUT2D eigenvalue weighted by molar-refractivity contribution is 5.90. The van der Waals surface area contributed by atoms with Crippen LogP contribution in [0.3, 0.4) is 0 Å². The maximum atomic E-state index is 15.2. The zero-order valence-electron chi connectivity index (χ0n) is 19.3. The molecule has 4 rings (SSSR count). The molecule has 3 fully saturated rings. The second kappa shape index (κ2) is 9.86. The molecule has 1 aromatic rings. The van der Waals surface area contributed by atoms with Crippen molar-refractivity contribution < 1.29 is 33.0 Å². The van der Waals surface area contributed by atoms with Gasteiger partial charge in [-0.1, -0.05) is 0 Å². The van der Waals surface area contributed by atoms with Gasteiger partial charge in [0, 0.05) is 33.5 Å². The van der Waals surface area contributed by atoms with Gasteiger partial charge in [-0.05, 0) is 37.0 Å². The number of amides is 3. The smallest absolute Gasteiger partial charge is 0.414 e. The minimum Gasteiger partial charge on any atom is -0.456 e. The standard InChI is InChI=1S/C23H29FN4O6/c1-14(29)25-9-18-11-28(23(32)34-18)17-5-6-20(19(24)8-17)26-10-16-4-3-7-27(21(16)12-26)22(31)13-33-15(2)30/h5-6,8,16,18,21H,3-4,7,9-13H2,1-2H3,(H,25,29)/t16-,18-,21+/m0/s1. The number of likely N-dealkylation sites (tertiary alicyclic amines) is 1. The molecule has 34 heavy (non-hydrogen) atoms. The molecule has 3 aliphatic heterocycles. The number of nitrogens with zero attached hydrogens (tertiary/aromatic N) is 3. The summed E-state index contributed by atoms with van der Waals surface area (Å²) in [5.74, 6) is -1.21. The first kappa shape index (κ1) is 23.8. The fourth-order valence-electron chi connectivity index (χ4n) is 4.95. The fraction of sp³-hybridized carbons (Fsp3) is 0.565. The van der Waals surface area contributed by atoms with E-state index in [2.05, 4.69) is 5.32 Å². The Labute approximate surface area is 196 Å². The van der Waals surface area contributed by atoms with Crippen LogP contribution in [0.5, 0.6) is 0 Å². The monoisotopic (exact) mass is 476 g/mol. The predicted octanol–water partition coefficient (Wildman–Crippen LogP) is 1.28. The van der Waals surface area contributed by atoms with Gasteiger partial charge in [-0.15, -0.1) is 0 Å². The average Bonchev–Trinajstić information content (AvgIpc) is 3.39. The van der Waals surface area contributed by atoms with Crippen molar-refractivity contribution in [2.75, 3.05) is 49.1 Å². The molecule has 0 aromatic heterocycles. The first-order valence-electron chi connectivity index (χ1n) is 11.4. The number of esters is 1. The number of carbonyl (C=O) groups excluding carboxylic acids is 4. The maximum absolute atomic E-state index is 15.2. The van der Waals surface area contributed by atoms with Crippen molar-refractivity contribution in [3.05, 3.63) is 24.0 Å². The fourth-order valence-corrected chi connectivity index (χ4v) is 4.95. The van der Waals surface area contributed by atoms with Crippen LogP contribution in [0.15, 0.2) is 18.2 Å². The molecule has 0 spiro atoms. The minimum atomic E-state index is -0.586. The van der Waals surface area contributed by atoms with E-state index in [9.17, 15) is 19.2 Å². The highest BCUT2D eigenvalue weighted by Crippen LogP contribution is 2.36. The van der Waals surface area contributed by atoms with E-state index in [4.69, 9.17) is 9.47 Å². The number of rotatable bonds is 6. The van der Waals surface area contributed by atoms with E-state index in [1.165, 1.54) is 24.8 Å². The van der Waals surface area contributed by atoms with Crippen LogP contribution in [0.2, 0.25) is 0 Å². The van der Waals surface area contributed by atoms with E-state index in [1.807, 2.05) is 4.90 Å². The number of fused-ring (bicyclic) bond motifs is 1. The summed E-state index contributed by atoms with van der Waals surface area (Å²) in [6.45, 7) is 4.46. The lowest BCUT2D eigenvalue weighted by molar-refractivity contribution is -0.152. The van der Waals surface area contributed by atoms with Gasteiger partial charge in [0.1, 0.15) is 11.9 Å². The van der Waals surface area contributed by atoms with E-state index in [1.54, 1.807) is 17.0 Å². The number of ether oxygens (including phenoxy) is 2. The summed E-state index contributed by atoms with van der Waals surface area (Å²) in [6, 6.07) is 4.55. The highest BCUT2D eigenvalue weighted by atomic mass is 19.1. The molecular formula is C23H29FN4O6. The van der Waals surface area contributed by atoms with E-state index in [0.717, 1.165) is 12.8 Å². The van der Waals surface area contributed by atoms with E-state index in [-0.39, 0.29) is 43.5 Å². The van der Waals surface area contributed by atoms with E-state index >= 15 is 4.39 Å². The molecular weight excluding hydrogens is 447 g/mol. The van der Waals surface area contributed by atoms with Crippen LogP contribution in [0, 0.1) is 11.7 Å². The van der Waals surface area contributed by atoms with Crippen LogP contribution in [-0.2, 0) is 23.9 Å². The van der Waals surface area contributed by atoms with Crippen LogP contribution in [0.4, 0.5) is 20.6 Å². The van der Waals surface area contributed by atoms with Gasteiger partial charge < -0.3 is 24.6 Å². The van der Waals surface area contributed by atoms with Crippen LogP contribution in [0.25, 0.3) is 0 Å². The molecule has 3 heterocycles. The lowest BCUT2D eigenvalue weighted by atomic mass is 9.92. The number of piperidine rings is 1. The first-order chi connectivity index (χ1) is 16.2. The van der Waals surface area contributed by atoms with Crippen LogP contribution < -0.4 is 15.1 Å². The maximum Gasteiger partial charge on any atom is 0.414 e. The van der Waals surface area contributed by atoms with Gasteiger partial charge in [0.25, 0.3) is 5.91 Å². The third-order valence-corrected chi connectivity index (χ3v) is 6.54. The second-order valence-electron chi connectivity index (χ2n) is 8.93. The second-order valence-corrected chi connectivity index (χ2v) is 8.93. The zero-order valence-corrected chi connectivity index (χ0v) is 19.3. The zero-order chi connectivity index (χ0) is 24.4. The Kier molecular flexibility index (Phi) is 6.90. The van der Waals surface area contributed by atoms with Crippen molar-refractivity contribution in [2.24, 2.45) is 5.92 Å². The molecule has 0 bridgehead atoms. The topological polar surface area (TPSA) is 108 Å². The predicted molar refractivity (Wildman–Crippen MR) is 120 cm³/mol. The molecule has 0 unspecified atom stereocenters. The summed E-state index contributed by atoms with van der Waals surface area (Å²) in [7, 11) is 0. The molecule has 11 heteroatoms. The molecule has 10 nitrogen and oxygen atoms in total. The van der Waals surface area contributed by atoms with Gasteiger partial charge in [-0.25, -0.2) is 9.18 Å². The molecule has 0 radical (unpaired) electrons. The number of nitrogens with one attached hydrogen (secondary N) is 1. The summed E-state index contributed by atoms with van der Waals surface area (Å²) in [5, 5.41) is 2.61. The number of hydrogen-bond acceptors (Lipinski definition) is 7. The Balaban J connectivity index is 1.42. The lowest BCUT2D eigenvalue weighted by Gasteiger charge is -2.36. The van der Waals surface area contributed by atoms with E-state index in [0.29, 0.717) is 31.0 Å². The number of anilines is 2. The summed E-state index contributed by atoms with van der Waals surface area (Å²) in [4.78, 5) is 52.0. The summed E-state index contributed by atoms with van der Waals surface area (Å²) in [6.07, 6.45) is 0.694. The number of cyclic esters (lactones) is 1. The van der Waals surface area contributed by atoms with Crippen molar-refractivity contribution in [3.8, 4) is 0 Å². The van der Waals surface area contributed by atoms with Gasteiger partial charge in [0.05, 0.1) is 30.5 Å². The Hall–Kier alpha value is -3.37. The van der Waals surface area contributed by atoms with Crippen LogP contribution in [-0.4, -0.2) is 80.3 Å². The SMILES string of the molecule is CC(=O)NC[C@H]1CN(c2ccc(N3C[C@@H]4CCCN(C(=O)COC(C)=O)[C@@H]4C3)c(F)c2)C(=O)O1. The largest absolute Gasteiger partial charge is 0.456 e. The van der Waals surface area contributed by atoms with Crippen molar-refractivity contribution in [3.63, 3.8) is 0 Å². The minimum absolute atomic E-state index is 0.0704. The quantitative estimate of drug-likeness (QED) is 0.616. The summed E-state index contributed by atoms with van der Waals surface area (Å²) >= 11 is 0. The Morgan fingerprint density at radius 3 is 2.71 bits per heavy atom. The van der Waals surface area contributed by atoms with Crippen molar-refractivity contribution in [1.82, 2.24) is 10.2 Å². The van der Waals surface area contributed by atoms with Crippen molar-refractivity contribution in [2.45, 2.75) is 38.8 Å². The molecule has 3 amide bonds. The molecule has 3 aliphatic rings. The molecule has 3 saturated heterocycles. The number of benzene rings is 1. The lowest BCUT2D eigenvalue weighted by Crippen LogP contribution is -2.49. The number of hydrogen-bond donors (Lipinski definition) is 1. The Morgan fingerprint density at radius 1 is 1.21 bits per heavy atom. The third kappa shape index (κ3) is 5.07. The van der Waals surface area contributed by atoms with Gasteiger partial charge in [0.2, 0.25) is 5.91 Å². The van der Waals surface area contributed by atoms with Crippen LogP contribution in [0.1, 0.15) is 26.7 Å². The molecule has 1 N–H and O–H groups in total. The highest BCUT2D eigenvalue weighted by Gasteiger charge is 2.42. The summed E-state index contributed by atoms with van der Waals surface area (Å²) < 4.78 is 25.3. The molecule has 184 valence electrons. The van der Waals surface area contributed by atoms with E-state index < -0.39 is 24.0 Å². The van der Waals surface area contributed by atoms with Crippen molar-refractivity contribution in [1.29, 1.82) is 0 Å². The van der Waals surface area contributed by atoms with Gasteiger partial charge in [0.15, 0.2) is 6.61 Å². The molecule has 0 saturated carbocycles. The molecule has 0 aliphatic carbocycles. The van der Waals surface area contributed by atoms with Gasteiger partial charge >= 0.3 is 12.1 Å². The van der Waals surface area contributed by atoms with Gasteiger partial charge in [-0.3, -0.25) is 19.3 Å². The Bertz CT molecular complexity index is 988. The normalized spacial score (nSPS) is 24.0. The first-order valence-corrected chi connectivity index (χ1v) is 11.4. The summed E-state index contributed by atoms with van der Waals surface area (Å²) in [5.41, 5.74) is 0.791. The Morgan fingerprint density at radius 2 is 2.00 bits per heavy atom. The third-order valence-electron chi connectivity index (χ3n) is 6.54. The van der Waals surface area contributed by atoms with Crippen LogP contribution >= 0.6 is 0 Å². The number of halogens is 1. The number of carbonyl (C=O) groups is 4. The van der Waals surface area contributed by atoms with Gasteiger partial charge in [-0.2, -0.15) is 0 Å².